The van der Waals surface area contributed by atoms with Crippen LogP contribution in [0, 0.1) is 0 Å². The summed E-state index contributed by atoms with van der Waals surface area (Å²) < 4.78 is 0. The summed E-state index contributed by atoms with van der Waals surface area (Å²) in [7, 11) is 0. The van der Waals surface area contributed by atoms with Crippen molar-refractivity contribution in [3.05, 3.63) is 27.9 Å². The van der Waals surface area contributed by atoms with Crippen molar-refractivity contribution in [3.63, 3.8) is 0 Å². The summed E-state index contributed by atoms with van der Waals surface area (Å²) in [6.45, 7) is 4.12. The second-order valence-electron chi connectivity index (χ2n) is 3.14. The summed E-state index contributed by atoms with van der Waals surface area (Å²) in [6.07, 6.45) is 3.93. The maximum atomic E-state index is 11.1. The molecular formula is C10H16N2O. The molecule has 13 heavy (non-hydrogen) atoms. The van der Waals surface area contributed by atoms with Crippen LogP contribution in [0.5, 0.6) is 0 Å². The first-order valence-electron chi connectivity index (χ1n) is 4.85. The Morgan fingerprint density at radius 2 is 2.23 bits per heavy atom. The zero-order valence-corrected chi connectivity index (χ0v) is 8.26. The Bertz CT molecular complexity index is 317. The van der Waals surface area contributed by atoms with Crippen LogP contribution in [0.3, 0.4) is 0 Å². The molecule has 0 amide bonds. The molecule has 72 valence electrons. The normalized spacial score (nSPS) is 10.3. The minimum Gasteiger partial charge on any atom is -0.311 e. The Morgan fingerprint density at radius 1 is 1.46 bits per heavy atom. The number of unbranched alkanes of at least 4 members (excludes halogenated alkanes) is 1. The second-order valence-corrected chi connectivity index (χ2v) is 3.14. The minimum absolute atomic E-state index is 0.0297. The number of hydrogen-bond acceptors (Lipinski definition) is 2. The minimum atomic E-state index is -0.0297. The van der Waals surface area contributed by atoms with Crippen LogP contribution in [0.2, 0.25) is 0 Å². The average molecular weight is 180 g/mol. The quantitative estimate of drug-likeness (QED) is 0.766. The number of H-pyrrole nitrogens is 1. The van der Waals surface area contributed by atoms with E-state index in [-0.39, 0.29) is 5.56 Å². The fourth-order valence-corrected chi connectivity index (χ4v) is 1.22. The van der Waals surface area contributed by atoms with E-state index in [2.05, 4.69) is 16.9 Å². The SMILES string of the molecule is CCCCc1cc(=O)[nH]c(CC)n1. The molecule has 0 radical (unpaired) electrons. The van der Waals surface area contributed by atoms with Crippen LogP contribution in [0.1, 0.15) is 38.2 Å². The largest absolute Gasteiger partial charge is 0.311 e. The van der Waals surface area contributed by atoms with Gasteiger partial charge >= 0.3 is 0 Å². The van der Waals surface area contributed by atoms with E-state index < -0.39 is 0 Å². The highest BCUT2D eigenvalue weighted by Crippen LogP contribution is 1.99. The van der Waals surface area contributed by atoms with E-state index in [1.165, 1.54) is 0 Å². The maximum absolute atomic E-state index is 11.1. The van der Waals surface area contributed by atoms with Gasteiger partial charge in [0.2, 0.25) is 0 Å². The predicted molar refractivity (Wildman–Crippen MR) is 52.8 cm³/mol. The molecule has 0 fully saturated rings. The smallest absolute Gasteiger partial charge is 0.251 e. The van der Waals surface area contributed by atoms with Crippen LogP contribution >= 0.6 is 0 Å². The number of aryl methyl sites for hydroxylation is 2. The number of nitrogens with one attached hydrogen (secondary N) is 1. The Labute approximate surface area is 78.2 Å². The first-order valence-corrected chi connectivity index (χ1v) is 4.85. The first-order chi connectivity index (χ1) is 6.26. The van der Waals surface area contributed by atoms with Gasteiger partial charge in [0.1, 0.15) is 5.82 Å². The molecule has 0 saturated heterocycles. The van der Waals surface area contributed by atoms with Crippen molar-refractivity contribution in [3.8, 4) is 0 Å². The van der Waals surface area contributed by atoms with Gasteiger partial charge in [0.25, 0.3) is 5.56 Å². The molecule has 0 spiro atoms. The summed E-state index contributed by atoms with van der Waals surface area (Å²) in [5, 5.41) is 0. The summed E-state index contributed by atoms with van der Waals surface area (Å²) >= 11 is 0. The highest BCUT2D eigenvalue weighted by Gasteiger charge is 1.98. The van der Waals surface area contributed by atoms with Crippen molar-refractivity contribution in [2.24, 2.45) is 0 Å². The van der Waals surface area contributed by atoms with Gasteiger partial charge in [-0.25, -0.2) is 4.98 Å². The molecule has 1 aromatic heterocycles. The number of aromatic amines is 1. The van der Waals surface area contributed by atoms with Crippen molar-refractivity contribution < 1.29 is 0 Å². The van der Waals surface area contributed by atoms with Crippen LogP contribution in [0.15, 0.2) is 10.9 Å². The molecular weight excluding hydrogens is 164 g/mol. The standard InChI is InChI=1S/C10H16N2O/c1-3-5-6-8-7-10(13)12-9(4-2)11-8/h7H,3-6H2,1-2H3,(H,11,12,13). The number of nitrogens with zero attached hydrogens (tertiary/aromatic N) is 1. The Kier molecular flexibility index (Phi) is 3.68. The molecule has 0 saturated carbocycles. The predicted octanol–water partition coefficient (Wildman–Crippen LogP) is 1.67. The molecule has 0 bridgehead atoms. The Hall–Kier alpha value is -1.12. The Balaban J connectivity index is 2.82. The summed E-state index contributed by atoms with van der Waals surface area (Å²) in [5.41, 5.74) is 0.889. The first kappa shape index (κ1) is 9.96. The molecule has 0 aromatic carbocycles. The molecule has 0 aliphatic rings. The van der Waals surface area contributed by atoms with Gasteiger partial charge < -0.3 is 4.98 Å². The van der Waals surface area contributed by atoms with E-state index in [1.54, 1.807) is 6.07 Å². The topological polar surface area (TPSA) is 45.8 Å². The van der Waals surface area contributed by atoms with Gasteiger partial charge in [-0.15, -0.1) is 0 Å². The van der Waals surface area contributed by atoms with Crippen LogP contribution in [0.4, 0.5) is 0 Å². The summed E-state index contributed by atoms with van der Waals surface area (Å²) in [4.78, 5) is 18.2. The molecule has 1 N–H and O–H groups in total. The van der Waals surface area contributed by atoms with Gasteiger partial charge in [-0.1, -0.05) is 20.3 Å². The number of aromatic nitrogens is 2. The fraction of sp³-hybridized carbons (Fsp3) is 0.600. The lowest BCUT2D eigenvalue weighted by atomic mass is 10.2. The van der Waals surface area contributed by atoms with Gasteiger partial charge in [0.05, 0.1) is 0 Å². The lowest BCUT2D eigenvalue weighted by Crippen LogP contribution is -2.12. The Morgan fingerprint density at radius 3 is 2.85 bits per heavy atom. The highest BCUT2D eigenvalue weighted by atomic mass is 16.1. The molecule has 0 aliphatic carbocycles. The highest BCUT2D eigenvalue weighted by molar-refractivity contribution is 5.02. The van der Waals surface area contributed by atoms with Crippen molar-refractivity contribution in [1.29, 1.82) is 0 Å². The van der Waals surface area contributed by atoms with Crippen LogP contribution in [0.25, 0.3) is 0 Å². The van der Waals surface area contributed by atoms with Crippen molar-refractivity contribution in [2.75, 3.05) is 0 Å². The van der Waals surface area contributed by atoms with E-state index >= 15 is 0 Å². The van der Waals surface area contributed by atoms with E-state index in [9.17, 15) is 4.79 Å². The van der Waals surface area contributed by atoms with Gasteiger partial charge in [0.15, 0.2) is 0 Å². The molecule has 1 heterocycles. The van der Waals surface area contributed by atoms with Crippen LogP contribution in [-0.4, -0.2) is 9.97 Å². The zero-order chi connectivity index (χ0) is 9.68. The fourth-order valence-electron chi connectivity index (χ4n) is 1.22. The molecule has 0 aliphatic heterocycles. The van der Waals surface area contributed by atoms with E-state index in [0.717, 1.165) is 37.2 Å². The van der Waals surface area contributed by atoms with E-state index in [1.807, 2.05) is 6.92 Å². The molecule has 0 unspecified atom stereocenters. The third kappa shape index (κ3) is 3.01. The van der Waals surface area contributed by atoms with E-state index in [0.29, 0.717) is 0 Å². The molecule has 0 atom stereocenters. The average Bonchev–Trinajstić information content (AvgIpc) is 2.14. The monoisotopic (exact) mass is 180 g/mol. The molecule has 3 nitrogen and oxygen atoms in total. The van der Waals surface area contributed by atoms with Crippen LogP contribution < -0.4 is 5.56 Å². The third-order valence-corrected chi connectivity index (χ3v) is 1.97. The lowest BCUT2D eigenvalue weighted by molar-refractivity contribution is 0.757. The van der Waals surface area contributed by atoms with E-state index in [4.69, 9.17) is 0 Å². The van der Waals surface area contributed by atoms with Gasteiger partial charge in [-0.3, -0.25) is 4.79 Å². The van der Waals surface area contributed by atoms with Crippen LogP contribution in [-0.2, 0) is 12.8 Å². The molecule has 1 aromatic rings. The number of rotatable bonds is 4. The van der Waals surface area contributed by atoms with Gasteiger partial charge in [0, 0.05) is 18.2 Å². The van der Waals surface area contributed by atoms with Crippen molar-refractivity contribution in [1.82, 2.24) is 9.97 Å². The number of hydrogen-bond donors (Lipinski definition) is 1. The third-order valence-electron chi connectivity index (χ3n) is 1.97. The molecule has 1 rings (SSSR count). The molecule has 3 heteroatoms. The summed E-state index contributed by atoms with van der Waals surface area (Å²) in [5.74, 6) is 0.790. The second kappa shape index (κ2) is 4.80. The summed E-state index contributed by atoms with van der Waals surface area (Å²) in [6, 6.07) is 1.59. The maximum Gasteiger partial charge on any atom is 0.251 e. The zero-order valence-electron chi connectivity index (χ0n) is 8.26. The van der Waals surface area contributed by atoms with Crippen molar-refractivity contribution in [2.45, 2.75) is 39.5 Å². The van der Waals surface area contributed by atoms with Gasteiger partial charge in [-0.2, -0.15) is 0 Å². The van der Waals surface area contributed by atoms with Gasteiger partial charge in [-0.05, 0) is 12.8 Å². The van der Waals surface area contributed by atoms with Crippen molar-refractivity contribution >= 4 is 0 Å². The lowest BCUT2D eigenvalue weighted by Gasteiger charge is -2.00.